The monoisotopic (exact) mass is 337 g/mol. The Morgan fingerprint density at radius 3 is 2.96 bits per heavy atom. The Labute approximate surface area is 149 Å². The number of hydrogen-bond donors (Lipinski definition) is 1. The van der Waals surface area contributed by atoms with Crippen molar-refractivity contribution in [1.29, 1.82) is 0 Å². The summed E-state index contributed by atoms with van der Waals surface area (Å²) >= 11 is 0. The first-order valence-electron chi connectivity index (χ1n) is 9.60. The summed E-state index contributed by atoms with van der Waals surface area (Å²) in [4.78, 5) is 18.8. The van der Waals surface area contributed by atoms with Crippen molar-refractivity contribution in [2.45, 2.75) is 45.2 Å². The van der Waals surface area contributed by atoms with Crippen LogP contribution in [0.15, 0.2) is 36.5 Å². The van der Waals surface area contributed by atoms with Crippen molar-refractivity contribution in [3.8, 4) is 0 Å². The van der Waals surface area contributed by atoms with Crippen LogP contribution < -0.4 is 5.32 Å². The lowest BCUT2D eigenvalue weighted by Gasteiger charge is -2.39. The molecule has 0 radical (unpaired) electrons. The molecule has 4 rings (SSSR count). The SMILES string of the molecule is CCC1CN(C(=O)C2CC2)CCC1NCc1ccc2ncccc2c1. The van der Waals surface area contributed by atoms with Crippen molar-refractivity contribution in [2.75, 3.05) is 13.1 Å². The Kier molecular flexibility index (Phi) is 4.71. The van der Waals surface area contributed by atoms with Gasteiger partial charge < -0.3 is 10.2 Å². The normalized spacial score (nSPS) is 23.8. The second-order valence-electron chi connectivity index (χ2n) is 7.53. The number of nitrogens with zero attached hydrogens (tertiary/aromatic N) is 2. The topological polar surface area (TPSA) is 45.2 Å². The van der Waals surface area contributed by atoms with Crippen LogP contribution in [-0.2, 0) is 11.3 Å². The van der Waals surface area contributed by atoms with E-state index in [1.165, 1.54) is 10.9 Å². The highest BCUT2D eigenvalue weighted by molar-refractivity contribution is 5.81. The van der Waals surface area contributed by atoms with E-state index in [-0.39, 0.29) is 0 Å². The van der Waals surface area contributed by atoms with E-state index in [4.69, 9.17) is 0 Å². The van der Waals surface area contributed by atoms with Crippen LogP contribution in [0.1, 0.15) is 38.2 Å². The van der Waals surface area contributed by atoms with Crippen molar-refractivity contribution in [2.24, 2.45) is 11.8 Å². The quantitative estimate of drug-likeness (QED) is 0.910. The molecular weight excluding hydrogens is 310 g/mol. The Hall–Kier alpha value is -1.94. The minimum atomic E-state index is 0.341. The standard InChI is InChI=1S/C21H27N3O/c1-2-16-14-24(21(25)17-6-7-17)11-9-20(16)23-13-15-5-8-19-18(12-15)4-3-10-22-19/h3-5,8,10,12,16-17,20,23H,2,6-7,9,11,13-14H2,1H3. The number of fused-ring (bicyclic) bond motifs is 1. The lowest BCUT2D eigenvalue weighted by atomic mass is 9.89. The van der Waals surface area contributed by atoms with Crippen molar-refractivity contribution in [3.63, 3.8) is 0 Å². The smallest absolute Gasteiger partial charge is 0.225 e. The highest BCUT2D eigenvalue weighted by Crippen LogP contribution is 2.33. The van der Waals surface area contributed by atoms with Crippen molar-refractivity contribution in [3.05, 3.63) is 42.1 Å². The lowest BCUT2D eigenvalue weighted by molar-refractivity contribution is -0.134. The fourth-order valence-corrected chi connectivity index (χ4v) is 3.99. The van der Waals surface area contributed by atoms with Gasteiger partial charge in [0.05, 0.1) is 5.52 Å². The molecule has 25 heavy (non-hydrogen) atoms. The number of aromatic nitrogens is 1. The number of rotatable bonds is 5. The molecule has 0 spiro atoms. The molecule has 1 aliphatic carbocycles. The minimum absolute atomic E-state index is 0.341. The molecule has 132 valence electrons. The number of likely N-dealkylation sites (tertiary alicyclic amines) is 1. The first-order valence-corrected chi connectivity index (χ1v) is 9.60. The van der Waals surface area contributed by atoms with Gasteiger partial charge in [-0.15, -0.1) is 0 Å². The van der Waals surface area contributed by atoms with Gasteiger partial charge in [-0.25, -0.2) is 0 Å². The largest absolute Gasteiger partial charge is 0.342 e. The maximum Gasteiger partial charge on any atom is 0.225 e. The first-order chi connectivity index (χ1) is 12.2. The summed E-state index contributed by atoms with van der Waals surface area (Å²) in [5, 5.41) is 4.94. The van der Waals surface area contributed by atoms with E-state index in [1.54, 1.807) is 0 Å². The average molecular weight is 337 g/mol. The second-order valence-corrected chi connectivity index (χ2v) is 7.53. The summed E-state index contributed by atoms with van der Waals surface area (Å²) in [6.45, 7) is 4.95. The molecule has 1 N–H and O–H groups in total. The van der Waals surface area contributed by atoms with E-state index < -0.39 is 0 Å². The van der Waals surface area contributed by atoms with Crippen molar-refractivity contribution in [1.82, 2.24) is 15.2 Å². The molecule has 2 atom stereocenters. The van der Waals surface area contributed by atoms with Gasteiger partial charge in [0.25, 0.3) is 0 Å². The Bertz CT molecular complexity index is 756. The summed E-state index contributed by atoms with van der Waals surface area (Å²) in [5.74, 6) is 1.30. The zero-order valence-electron chi connectivity index (χ0n) is 14.9. The van der Waals surface area contributed by atoms with E-state index in [0.717, 1.165) is 50.8 Å². The number of carbonyl (C=O) groups is 1. The van der Waals surface area contributed by atoms with Gasteiger partial charge in [0.1, 0.15) is 0 Å². The zero-order chi connectivity index (χ0) is 17.2. The molecule has 2 aliphatic rings. The van der Waals surface area contributed by atoms with E-state index in [2.05, 4.69) is 46.4 Å². The zero-order valence-corrected chi connectivity index (χ0v) is 14.9. The summed E-state index contributed by atoms with van der Waals surface area (Å²) in [6, 6.07) is 11.1. The van der Waals surface area contributed by atoms with Gasteiger partial charge in [-0.3, -0.25) is 9.78 Å². The molecule has 1 aromatic heterocycles. The highest BCUT2D eigenvalue weighted by atomic mass is 16.2. The van der Waals surface area contributed by atoms with Crippen LogP contribution in [0.4, 0.5) is 0 Å². The molecule has 4 nitrogen and oxygen atoms in total. The number of hydrogen-bond acceptors (Lipinski definition) is 3. The molecule has 1 aromatic carbocycles. The Morgan fingerprint density at radius 2 is 2.16 bits per heavy atom. The summed E-state index contributed by atoms with van der Waals surface area (Å²) in [7, 11) is 0. The molecule has 1 saturated heterocycles. The molecule has 4 heteroatoms. The summed E-state index contributed by atoms with van der Waals surface area (Å²) < 4.78 is 0. The van der Waals surface area contributed by atoms with Crippen LogP contribution in [0.5, 0.6) is 0 Å². The van der Waals surface area contributed by atoms with Crippen LogP contribution in [0, 0.1) is 11.8 Å². The van der Waals surface area contributed by atoms with Crippen LogP contribution >= 0.6 is 0 Å². The molecule has 2 heterocycles. The Balaban J connectivity index is 1.37. The number of carbonyl (C=O) groups excluding carboxylic acids is 1. The van der Waals surface area contributed by atoms with Gasteiger partial charge in [0.15, 0.2) is 0 Å². The first kappa shape index (κ1) is 16.5. The van der Waals surface area contributed by atoms with Gasteiger partial charge in [-0.2, -0.15) is 0 Å². The molecule has 2 aromatic rings. The summed E-state index contributed by atoms with van der Waals surface area (Å²) in [5.41, 5.74) is 2.34. The van der Waals surface area contributed by atoms with Gasteiger partial charge in [-0.05, 0) is 48.9 Å². The number of amides is 1. The lowest BCUT2D eigenvalue weighted by Crippen LogP contribution is -2.51. The molecular formula is C21H27N3O. The van der Waals surface area contributed by atoms with Gasteiger partial charge in [-0.1, -0.05) is 25.5 Å². The van der Waals surface area contributed by atoms with E-state index in [1.807, 2.05) is 12.3 Å². The molecule has 1 aliphatic heterocycles. The maximum atomic E-state index is 12.3. The van der Waals surface area contributed by atoms with E-state index in [9.17, 15) is 4.79 Å². The van der Waals surface area contributed by atoms with Gasteiger partial charge in [0, 0.05) is 43.2 Å². The third-order valence-electron chi connectivity index (χ3n) is 5.73. The summed E-state index contributed by atoms with van der Waals surface area (Å²) in [6.07, 6.45) is 6.22. The number of pyridine rings is 1. The van der Waals surface area contributed by atoms with Crippen LogP contribution in [0.3, 0.4) is 0 Å². The van der Waals surface area contributed by atoms with Crippen LogP contribution in [-0.4, -0.2) is 34.9 Å². The minimum Gasteiger partial charge on any atom is -0.342 e. The molecule has 0 bridgehead atoms. The van der Waals surface area contributed by atoms with Crippen LogP contribution in [0.25, 0.3) is 10.9 Å². The van der Waals surface area contributed by atoms with Crippen LogP contribution in [0.2, 0.25) is 0 Å². The fraction of sp³-hybridized carbons (Fsp3) is 0.524. The maximum absolute atomic E-state index is 12.3. The Morgan fingerprint density at radius 1 is 1.28 bits per heavy atom. The van der Waals surface area contributed by atoms with Gasteiger partial charge >= 0.3 is 0 Å². The molecule has 2 unspecified atom stereocenters. The molecule has 1 saturated carbocycles. The van der Waals surface area contributed by atoms with Gasteiger partial charge in [0.2, 0.25) is 5.91 Å². The highest BCUT2D eigenvalue weighted by Gasteiger charge is 2.37. The van der Waals surface area contributed by atoms with E-state index in [0.29, 0.717) is 23.8 Å². The predicted octanol–water partition coefficient (Wildman–Crippen LogP) is 3.36. The third kappa shape index (κ3) is 3.69. The number of benzene rings is 1. The third-order valence-corrected chi connectivity index (χ3v) is 5.73. The molecule has 2 fully saturated rings. The fourth-order valence-electron chi connectivity index (χ4n) is 3.99. The van der Waals surface area contributed by atoms with E-state index >= 15 is 0 Å². The van der Waals surface area contributed by atoms with Crippen molar-refractivity contribution < 1.29 is 4.79 Å². The average Bonchev–Trinajstić information content (AvgIpc) is 3.50. The number of piperidine rings is 1. The number of nitrogens with one attached hydrogen (secondary N) is 1. The second kappa shape index (κ2) is 7.12. The van der Waals surface area contributed by atoms with Crippen molar-refractivity contribution >= 4 is 16.8 Å². The predicted molar refractivity (Wildman–Crippen MR) is 100 cm³/mol. The molecule has 1 amide bonds.